The Morgan fingerprint density at radius 1 is 0.191 bits per heavy atom. The Balaban J connectivity index is 1.04. The van der Waals surface area contributed by atoms with Crippen LogP contribution < -0.4 is 19.6 Å². The standard InChI is InChI=1S/C100H64N10/c101-65-69-41-47-72(48-42-69)96-91(68-104)97(73-49-43-70(66-102)44-50-73)100(110-94-59-55-85(107(79-33-17-5-18-34-79)80-35-19-6-20-36-80)63-89(94)90-64-86(56-60-95(90)110)108(81-37-21-7-22-38-81)82-39-23-8-24-40-82)98(74-51-45-71(67-103)46-52-74)99(96)109-92-57-53-83(105(75-25-9-1-10-26-75)76-27-11-2-12-28-76)61-87(92)88-62-84(54-58-93(88)109)106(77-29-13-3-14-30-77)78-31-15-4-16-32-78/h1-64H. The Labute approximate surface area is 637 Å². The van der Waals surface area contributed by atoms with Crippen molar-refractivity contribution in [2.75, 3.05) is 19.6 Å². The summed E-state index contributed by atoms with van der Waals surface area (Å²) >= 11 is 0. The first kappa shape index (κ1) is 66.2. The SMILES string of the molecule is N#Cc1ccc(-c2c(C#N)c(-c3ccc(C#N)cc3)c(-n3c4ccc(N(c5ccccc5)c5ccccc5)cc4c4cc(N(c5ccccc5)c5ccccc5)ccc43)c(-c3ccc(C#N)cc3)c2-n2c3ccc(N(c4ccccc4)c4ccccc4)cc3c3cc(N(c4ccccc4)c4ccccc4)ccc32)cc1. The summed E-state index contributed by atoms with van der Waals surface area (Å²) in [6.45, 7) is 0. The lowest BCUT2D eigenvalue weighted by atomic mass is 9.83. The van der Waals surface area contributed by atoms with Crippen molar-refractivity contribution in [1.29, 1.82) is 21.0 Å². The number of hydrogen-bond acceptors (Lipinski definition) is 8. The molecular formula is C100H64N10. The van der Waals surface area contributed by atoms with Crippen molar-refractivity contribution in [2.45, 2.75) is 0 Å². The number of hydrogen-bond donors (Lipinski definition) is 0. The minimum atomic E-state index is 0.339. The van der Waals surface area contributed by atoms with Crippen molar-refractivity contribution in [3.63, 3.8) is 0 Å². The van der Waals surface area contributed by atoms with Gasteiger partial charge in [0.1, 0.15) is 6.07 Å². The number of anilines is 12. The summed E-state index contributed by atoms with van der Waals surface area (Å²) < 4.78 is 4.69. The third kappa shape index (κ3) is 11.9. The summed E-state index contributed by atoms with van der Waals surface area (Å²) in [7, 11) is 0. The first-order valence-electron chi connectivity index (χ1n) is 36.4. The van der Waals surface area contributed by atoms with Crippen LogP contribution in [0.25, 0.3) is 88.4 Å². The molecule has 10 heteroatoms. The molecule has 514 valence electrons. The fraction of sp³-hybridized carbons (Fsp3) is 0. The molecule has 2 aromatic heterocycles. The molecule has 0 aliphatic heterocycles. The highest BCUT2D eigenvalue weighted by Gasteiger charge is 2.34. The minimum absolute atomic E-state index is 0.339. The molecule has 16 aromatic carbocycles. The number of para-hydroxylation sites is 8. The quantitative estimate of drug-likeness (QED) is 0.0885. The van der Waals surface area contributed by atoms with Crippen LogP contribution in [-0.2, 0) is 0 Å². The molecule has 2 heterocycles. The molecule has 0 atom stereocenters. The topological polar surface area (TPSA) is 118 Å². The van der Waals surface area contributed by atoms with Crippen LogP contribution in [0.3, 0.4) is 0 Å². The van der Waals surface area contributed by atoms with Crippen LogP contribution in [0.1, 0.15) is 22.3 Å². The molecule has 0 unspecified atom stereocenters. The molecule has 0 saturated carbocycles. The Bertz CT molecular complexity index is 5840. The second kappa shape index (κ2) is 28.7. The maximum absolute atomic E-state index is 13.0. The zero-order chi connectivity index (χ0) is 74.0. The molecule has 10 nitrogen and oxygen atoms in total. The molecule has 0 radical (unpaired) electrons. The first-order chi connectivity index (χ1) is 54.4. The molecule has 0 amide bonds. The normalized spacial score (nSPS) is 11.1. The molecular weight excluding hydrogens is 1340 g/mol. The van der Waals surface area contributed by atoms with Crippen molar-refractivity contribution >= 4 is 112 Å². The number of rotatable bonds is 17. The Kier molecular flexibility index (Phi) is 17.3. The van der Waals surface area contributed by atoms with Crippen molar-refractivity contribution in [3.05, 3.63) is 411 Å². The molecule has 18 rings (SSSR count). The molecule has 0 spiro atoms. The van der Waals surface area contributed by atoms with Gasteiger partial charge in [-0.05, 0) is 223 Å². The van der Waals surface area contributed by atoms with E-state index in [2.05, 4.69) is 320 Å². The summed E-state index contributed by atoms with van der Waals surface area (Å²) in [5.41, 5.74) is 21.8. The third-order valence-electron chi connectivity index (χ3n) is 20.5. The third-order valence-corrected chi connectivity index (χ3v) is 20.5. The van der Waals surface area contributed by atoms with E-state index in [0.29, 0.717) is 55.9 Å². The zero-order valence-corrected chi connectivity index (χ0v) is 59.4. The van der Waals surface area contributed by atoms with Gasteiger partial charge in [-0.3, -0.25) is 0 Å². The van der Waals surface area contributed by atoms with Crippen LogP contribution in [-0.4, -0.2) is 9.13 Å². The second-order valence-corrected chi connectivity index (χ2v) is 26.9. The predicted octanol–water partition coefficient (Wildman–Crippen LogP) is 26.2. The molecule has 0 saturated heterocycles. The lowest BCUT2D eigenvalue weighted by Gasteiger charge is -2.29. The average Bonchev–Trinajstić information content (AvgIpc) is 1.41. The predicted molar refractivity (Wildman–Crippen MR) is 449 cm³/mol. The van der Waals surface area contributed by atoms with E-state index in [1.54, 1.807) is 0 Å². The summed E-state index contributed by atoms with van der Waals surface area (Å²) in [4.78, 5) is 9.14. The van der Waals surface area contributed by atoms with Crippen molar-refractivity contribution in [1.82, 2.24) is 9.13 Å². The molecule has 18 aromatic rings. The van der Waals surface area contributed by atoms with Gasteiger partial charge >= 0.3 is 0 Å². The monoisotopic (exact) mass is 1400 g/mol. The van der Waals surface area contributed by atoms with Crippen LogP contribution in [0.4, 0.5) is 68.2 Å². The fourth-order valence-electron chi connectivity index (χ4n) is 15.7. The fourth-order valence-corrected chi connectivity index (χ4v) is 15.7. The Morgan fingerprint density at radius 2 is 0.391 bits per heavy atom. The van der Waals surface area contributed by atoms with Crippen LogP contribution in [0.5, 0.6) is 0 Å². The van der Waals surface area contributed by atoms with Gasteiger partial charge < -0.3 is 28.7 Å². The molecule has 110 heavy (non-hydrogen) atoms. The van der Waals surface area contributed by atoms with Crippen LogP contribution in [0.15, 0.2) is 388 Å². The number of aromatic nitrogens is 2. The van der Waals surface area contributed by atoms with Gasteiger partial charge in [-0.1, -0.05) is 182 Å². The van der Waals surface area contributed by atoms with Crippen LogP contribution in [0.2, 0.25) is 0 Å². The molecule has 0 N–H and O–H groups in total. The lowest BCUT2D eigenvalue weighted by molar-refractivity contribution is 1.13. The van der Waals surface area contributed by atoms with Crippen molar-refractivity contribution < 1.29 is 0 Å². The van der Waals surface area contributed by atoms with Gasteiger partial charge in [0.25, 0.3) is 0 Å². The minimum Gasteiger partial charge on any atom is -0.310 e. The van der Waals surface area contributed by atoms with Gasteiger partial charge in [0.2, 0.25) is 0 Å². The van der Waals surface area contributed by atoms with E-state index in [1.165, 1.54) is 0 Å². The maximum atomic E-state index is 13.0. The number of fused-ring (bicyclic) bond motifs is 6. The lowest BCUT2D eigenvalue weighted by Crippen LogP contribution is -2.12. The number of benzene rings is 16. The van der Waals surface area contributed by atoms with Crippen molar-refractivity contribution in [3.8, 4) is 69.0 Å². The van der Waals surface area contributed by atoms with E-state index in [-0.39, 0.29) is 0 Å². The summed E-state index contributed by atoms with van der Waals surface area (Å²) in [5, 5.41) is 48.7. The highest BCUT2D eigenvalue weighted by atomic mass is 15.2. The van der Waals surface area contributed by atoms with E-state index >= 15 is 0 Å². The molecule has 0 bridgehead atoms. The number of nitriles is 4. The highest BCUT2D eigenvalue weighted by molar-refractivity contribution is 6.17. The zero-order valence-electron chi connectivity index (χ0n) is 59.4. The smallest absolute Gasteiger partial charge is 0.101 e. The molecule has 0 aliphatic carbocycles. The van der Waals surface area contributed by atoms with Gasteiger partial charge in [0.05, 0.1) is 73.9 Å². The van der Waals surface area contributed by atoms with Gasteiger partial charge in [-0.15, -0.1) is 0 Å². The Hall–Kier alpha value is -15.7. The van der Waals surface area contributed by atoms with E-state index < -0.39 is 0 Å². The maximum Gasteiger partial charge on any atom is 0.101 e. The van der Waals surface area contributed by atoms with E-state index in [9.17, 15) is 21.0 Å². The summed E-state index contributed by atoms with van der Waals surface area (Å²) in [6.07, 6.45) is 0. The van der Waals surface area contributed by atoms with Crippen LogP contribution in [0, 0.1) is 45.3 Å². The van der Waals surface area contributed by atoms with Gasteiger partial charge in [-0.2, -0.15) is 21.0 Å². The van der Waals surface area contributed by atoms with E-state index in [4.69, 9.17) is 0 Å². The average molecular weight is 1410 g/mol. The van der Waals surface area contributed by atoms with E-state index in [1.807, 2.05) is 121 Å². The number of nitrogens with zero attached hydrogens (tertiary/aromatic N) is 10. The first-order valence-corrected chi connectivity index (χ1v) is 36.4. The van der Waals surface area contributed by atoms with Gasteiger partial charge in [-0.25, -0.2) is 0 Å². The van der Waals surface area contributed by atoms with Gasteiger partial charge in [0, 0.05) is 106 Å². The molecule has 0 aliphatic rings. The molecule has 0 fully saturated rings. The Morgan fingerprint density at radius 3 is 0.582 bits per heavy atom. The highest BCUT2D eigenvalue weighted by Crippen LogP contribution is 2.55. The largest absolute Gasteiger partial charge is 0.310 e. The second-order valence-electron chi connectivity index (χ2n) is 26.9. The van der Waals surface area contributed by atoms with Gasteiger partial charge in [0.15, 0.2) is 0 Å². The summed E-state index contributed by atoms with van der Waals surface area (Å²) in [6, 6.07) is 143. The van der Waals surface area contributed by atoms with Crippen molar-refractivity contribution in [2.24, 2.45) is 0 Å². The van der Waals surface area contributed by atoms with E-state index in [0.717, 1.165) is 123 Å². The summed E-state index contributed by atoms with van der Waals surface area (Å²) in [5.74, 6) is 0. The van der Waals surface area contributed by atoms with Crippen LogP contribution >= 0.6 is 0 Å².